The SMILES string of the molecule is C[C@@]1(O)CCNC[C@@H]1C=C=O. The Morgan fingerprint density at radius 2 is 2.55 bits per heavy atom. The van der Waals surface area contributed by atoms with Crippen LogP contribution in [0.25, 0.3) is 0 Å². The van der Waals surface area contributed by atoms with Gasteiger partial charge in [0.1, 0.15) is 5.94 Å². The smallest absolute Gasteiger partial charge is 0.120 e. The Morgan fingerprint density at radius 3 is 3.09 bits per heavy atom. The summed E-state index contributed by atoms with van der Waals surface area (Å²) in [6.07, 6.45) is 2.09. The zero-order valence-electron chi connectivity index (χ0n) is 6.63. The van der Waals surface area contributed by atoms with Gasteiger partial charge in [-0.1, -0.05) is 0 Å². The van der Waals surface area contributed by atoms with Crippen molar-refractivity contribution in [1.29, 1.82) is 0 Å². The van der Waals surface area contributed by atoms with E-state index >= 15 is 0 Å². The van der Waals surface area contributed by atoms with Crippen LogP contribution in [0.3, 0.4) is 0 Å². The van der Waals surface area contributed by atoms with Crippen molar-refractivity contribution in [3.05, 3.63) is 6.08 Å². The van der Waals surface area contributed by atoms with Gasteiger partial charge in [-0.15, -0.1) is 0 Å². The monoisotopic (exact) mass is 155 g/mol. The van der Waals surface area contributed by atoms with E-state index in [0.717, 1.165) is 6.54 Å². The van der Waals surface area contributed by atoms with E-state index in [0.29, 0.717) is 13.0 Å². The maximum atomic E-state index is 10.0. The highest BCUT2D eigenvalue weighted by atomic mass is 16.3. The average Bonchev–Trinajstić information content (AvgIpc) is 1.94. The van der Waals surface area contributed by atoms with E-state index in [2.05, 4.69) is 5.32 Å². The van der Waals surface area contributed by atoms with Crippen molar-refractivity contribution in [2.45, 2.75) is 18.9 Å². The first-order chi connectivity index (χ1) is 5.17. The Kier molecular flexibility index (Phi) is 2.45. The van der Waals surface area contributed by atoms with Gasteiger partial charge in [0.15, 0.2) is 0 Å². The second kappa shape index (κ2) is 3.18. The molecule has 3 nitrogen and oxygen atoms in total. The summed E-state index contributed by atoms with van der Waals surface area (Å²) in [7, 11) is 0. The molecule has 0 aromatic rings. The average molecular weight is 155 g/mol. The van der Waals surface area contributed by atoms with Gasteiger partial charge in [-0.05, 0) is 19.9 Å². The molecule has 2 atom stereocenters. The maximum Gasteiger partial charge on any atom is 0.120 e. The van der Waals surface area contributed by atoms with Crippen molar-refractivity contribution >= 4 is 5.94 Å². The summed E-state index contributed by atoms with van der Waals surface area (Å²) in [6, 6.07) is 0. The van der Waals surface area contributed by atoms with Crippen molar-refractivity contribution < 1.29 is 9.90 Å². The molecule has 1 rings (SSSR count). The van der Waals surface area contributed by atoms with Crippen LogP contribution in [0.4, 0.5) is 0 Å². The number of hydrogen-bond acceptors (Lipinski definition) is 3. The highest BCUT2D eigenvalue weighted by Crippen LogP contribution is 2.23. The Labute approximate surface area is 66.1 Å². The molecular formula is C8H13NO2. The van der Waals surface area contributed by atoms with Crippen molar-refractivity contribution in [2.24, 2.45) is 5.92 Å². The second-order valence-electron chi connectivity index (χ2n) is 3.20. The molecule has 2 N–H and O–H groups in total. The largest absolute Gasteiger partial charge is 0.389 e. The standard InChI is InChI=1S/C8H13NO2/c1-8(11)3-4-9-6-7(8)2-5-10/h2,7,9,11H,3-4,6H2,1H3/t7-,8+/m0/s1. The lowest BCUT2D eigenvalue weighted by Gasteiger charge is -2.34. The van der Waals surface area contributed by atoms with Crippen molar-refractivity contribution in [2.75, 3.05) is 13.1 Å². The van der Waals surface area contributed by atoms with Crippen LogP contribution in [0.5, 0.6) is 0 Å². The van der Waals surface area contributed by atoms with Gasteiger partial charge in [0.25, 0.3) is 0 Å². The topological polar surface area (TPSA) is 49.3 Å². The van der Waals surface area contributed by atoms with Gasteiger partial charge >= 0.3 is 0 Å². The van der Waals surface area contributed by atoms with Gasteiger partial charge in [-0.2, -0.15) is 0 Å². The van der Waals surface area contributed by atoms with E-state index in [-0.39, 0.29) is 5.92 Å². The maximum absolute atomic E-state index is 10.0. The number of aliphatic hydroxyl groups is 1. The van der Waals surface area contributed by atoms with Gasteiger partial charge in [-0.25, -0.2) is 4.79 Å². The summed E-state index contributed by atoms with van der Waals surface area (Å²) in [5.74, 6) is 1.63. The molecular weight excluding hydrogens is 142 g/mol. The van der Waals surface area contributed by atoms with Crippen LogP contribution < -0.4 is 5.32 Å². The van der Waals surface area contributed by atoms with Crippen molar-refractivity contribution in [3.63, 3.8) is 0 Å². The number of hydrogen-bond donors (Lipinski definition) is 2. The molecule has 0 bridgehead atoms. The molecule has 1 fully saturated rings. The van der Waals surface area contributed by atoms with E-state index in [4.69, 9.17) is 0 Å². The molecule has 0 aromatic heterocycles. The summed E-state index contributed by atoms with van der Waals surface area (Å²) in [4.78, 5) is 10.0. The number of carbonyl (C=O) groups excluding carboxylic acids is 1. The molecule has 62 valence electrons. The van der Waals surface area contributed by atoms with Gasteiger partial charge in [0, 0.05) is 18.5 Å². The normalized spacial score (nSPS) is 37.8. The minimum Gasteiger partial charge on any atom is -0.389 e. The van der Waals surface area contributed by atoms with Crippen LogP contribution in [0.15, 0.2) is 6.08 Å². The van der Waals surface area contributed by atoms with Gasteiger partial charge in [0.05, 0.1) is 5.60 Å². The van der Waals surface area contributed by atoms with Crippen LogP contribution in [0.1, 0.15) is 13.3 Å². The molecule has 0 aliphatic carbocycles. The van der Waals surface area contributed by atoms with Crippen LogP contribution >= 0.6 is 0 Å². The number of rotatable bonds is 1. The highest BCUT2D eigenvalue weighted by molar-refractivity contribution is 5.46. The van der Waals surface area contributed by atoms with Crippen molar-refractivity contribution in [1.82, 2.24) is 5.32 Å². The zero-order valence-corrected chi connectivity index (χ0v) is 6.63. The Hall–Kier alpha value is -0.630. The fourth-order valence-corrected chi connectivity index (χ4v) is 1.32. The minimum atomic E-state index is -0.733. The molecule has 0 radical (unpaired) electrons. The summed E-state index contributed by atoms with van der Waals surface area (Å²) in [5, 5.41) is 12.8. The van der Waals surface area contributed by atoms with Gasteiger partial charge < -0.3 is 10.4 Å². The summed E-state index contributed by atoms with van der Waals surface area (Å²) >= 11 is 0. The van der Waals surface area contributed by atoms with Crippen LogP contribution in [-0.2, 0) is 4.79 Å². The molecule has 0 unspecified atom stereocenters. The molecule has 1 saturated heterocycles. The third-order valence-corrected chi connectivity index (χ3v) is 2.24. The third kappa shape index (κ3) is 1.90. The first-order valence-corrected chi connectivity index (χ1v) is 3.81. The summed E-state index contributed by atoms with van der Waals surface area (Å²) < 4.78 is 0. The first kappa shape index (κ1) is 8.47. The predicted molar refractivity (Wildman–Crippen MR) is 41.9 cm³/mol. The lowest BCUT2D eigenvalue weighted by Crippen LogP contribution is -2.47. The van der Waals surface area contributed by atoms with Crippen molar-refractivity contribution in [3.8, 4) is 0 Å². The Balaban J connectivity index is 2.66. The molecule has 0 spiro atoms. The molecule has 0 saturated carbocycles. The lowest BCUT2D eigenvalue weighted by atomic mass is 9.83. The van der Waals surface area contributed by atoms with E-state index in [1.54, 1.807) is 12.9 Å². The first-order valence-electron chi connectivity index (χ1n) is 3.81. The summed E-state index contributed by atoms with van der Waals surface area (Å²) in [5.41, 5.74) is -0.733. The Morgan fingerprint density at radius 1 is 1.82 bits per heavy atom. The van der Waals surface area contributed by atoms with E-state index < -0.39 is 5.60 Å². The Bertz CT molecular complexity index is 183. The minimum absolute atomic E-state index is 0.0891. The molecule has 1 aliphatic rings. The molecule has 0 amide bonds. The number of piperidine rings is 1. The quantitative estimate of drug-likeness (QED) is 0.513. The molecule has 1 aliphatic heterocycles. The lowest BCUT2D eigenvalue weighted by molar-refractivity contribution is -0.00427. The zero-order chi connectivity index (χ0) is 8.32. The number of nitrogens with one attached hydrogen (secondary N) is 1. The van der Waals surface area contributed by atoms with E-state index in [1.807, 2.05) is 0 Å². The molecule has 0 aromatic carbocycles. The van der Waals surface area contributed by atoms with Gasteiger partial charge in [0.2, 0.25) is 0 Å². The molecule has 3 heteroatoms. The second-order valence-corrected chi connectivity index (χ2v) is 3.20. The molecule has 1 heterocycles. The fraction of sp³-hybridized carbons (Fsp3) is 0.750. The van der Waals surface area contributed by atoms with Crippen LogP contribution in [-0.4, -0.2) is 29.7 Å². The van der Waals surface area contributed by atoms with E-state index in [1.165, 1.54) is 6.08 Å². The highest BCUT2D eigenvalue weighted by Gasteiger charge is 2.32. The third-order valence-electron chi connectivity index (χ3n) is 2.24. The predicted octanol–water partition coefficient (Wildman–Crippen LogP) is -0.265. The fourth-order valence-electron chi connectivity index (χ4n) is 1.32. The summed E-state index contributed by atoms with van der Waals surface area (Å²) in [6.45, 7) is 3.24. The molecule has 11 heavy (non-hydrogen) atoms. The van der Waals surface area contributed by atoms with Gasteiger partial charge in [-0.3, -0.25) is 0 Å². The van der Waals surface area contributed by atoms with E-state index in [9.17, 15) is 9.90 Å². The van der Waals surface area contributed by atoms with Crippen LogP contribution in [0.2, 0.25) is 0 Å². The van der Waals surface area contributed by atoms with Crippen LogP contribution in [0, 0.1) is 5.92 Å².